The second-order valence-corrected chi connectivity index (χ2v) is 6.50. The summed E-state index contributed by atoms with van der Waals surface area (Å²) in [6.45, 7) is 0.233. The maximum absolute atomic E-state index is 13.2. The molecule has 2 aromatic carbocycles. The van der Waals surface area contributed by atoms with Crippen molar-refractivity contribution in [3.8, 4) is 0 Å². The number of carbonyl (C=O) groups excluding carboxylic acids is 1. The highest BCUT2D eigenvalue weighted by atomic mass is 19.1. The van der Waals surface area contributed by atoms with Gasteiger partial charge in [-0.25, -0.2) is 4.39 Å². The third-order valence-corrected chi connectivity index (χ3v) is 4.47. The third kappa shape index (κ3) is 3.42. The summed E-state index contributed by atoms with van der Waals surface area (Å²) in [4.78, 5) is 25.8. The molecule has 0 saturated carbocycles. The lowest BCUT2D eigenvalue weighted by atomic mass is 10.1. The number of pyridine rings is 1. The number of hydrogen-bond acceptors (Lipinski definition) is 3. The Morgan fingerprint density at radius 1 is 1.07 bits per heavy atom. The summed E-state index contributed by atoms with van der Waals surface area (Å²) in [5, 5.41) is 7.86. The first-order chi connectivity index (χ1) is 13.5. The van der Waals surface area contributed by atoms with Crippen LogP contribution >= 0.6 is 0 Å². The van der Waals surface area contributed by atoms with Crippen molar-refractivity contribution in [3.05, 3.63) is 94.4 Å². The number of anilines is 1. The molecule has 28 heavy (non-hydrogen) atoms. The highest BCUT2D eigenvalue weighted by Crippen LogP contribution is 2.18. The molecule has 2 aromatic heterocycles. The Morgan fingerprint density at radius 2 is 1.79 bits per heavy atom. The van der Waals surface area contributed by atoms with E-state index in [9.17, 15) is 14.0 Å². The lowest BCUT2D eigenvalue weighted by Gasteiger charge is -2.12. The number of amides is 1. The molecule has 0 atom stereocenters. The maximum Gasteiger partial charge on any atom is 0.258 e. The van der Waals surface area contributed by atoms with E-state index in [1.165, 1.54) is 16.7 Å². The minimum Gasteiger partial charge on any atom is -0.319 e. The number of aromatic nitrogens is 3. The van der Waals surface area contributed by atoms with Gasteiger partial charge in [0.15, 0.2) is 0 Å². The molecule has 0 aliphatic heterocycles. The van der Waals surface area contributed by atoms with Crippen LogP contribution in [-0.2, 0) is 13.6 Å². The number of carbonyl (C=O) groups is 1. The minimum atomic E-state index is -0.342. The molecular formula is C21H17FN4O2. The second-order valence-electron chi connectivity index (χ2n) is 6.50. The number of nitrogens with zero attached hydrogens (tertiary/aromatic N) is 3. The molecule has 0 radical (unpaired) electrons. The molecule has 4 aromatic rings. The van der Waals surface area contributed by atoms with Gasteiger partial charge in [0.2, 0.25) is 0 Å². The Labute approximate surface area is 159 Å². The van der Waals surface area contributed by atoms with Gasteiger partial charge in [-0.3, -0.25) is 14.3 Å². The molecule has 0 fully saturated rings. The Balaban J connectivity index is 1.78. The minimum absolute atomic E-state index is 0.210. The van der Waals surface area contributed by atoms with Crippen molar-refractivity contribution in [2.75, 3.05) is 5.32 Å². The summed E-state index contributed by atoms with van der Waals surface area (Å²) in [6.07, 6.45) is 4.78. The molecule has 1 N–H and O–H groups in total. The van der Waals surface area contributed by atoms with Crippen molar-refractivity contribution in [1.82, 2.24) is 14.3 Å². The van der Waals surface area contributed by atoms with Gasteiger partial charge in [0.25, 0.3) is 11.5 Å². The molecule has 4 rings (SSSR count). The summed E-state index contributed by atoms with van der Waals surface area (Å²) < 4.78 is 16.2. The van der Waals surface area contributed by atoms with Crippen molar-refractivity contribution in [1.29, 1.82) is 0 Å². The van der Waals surface area contributed by atoms with Crippen LogP contribution in [0.1, 0.15) is 15.9 Å². The number of fused-ring (bicyclic) bond motifs is 1. The van der Waals surface area contributed by atoms with Gasteiger partial charge in [-0.15, -0.1) is 0 Å². The van der Waals surface area contributed by atoms with Crippen LogP contribution in [0.4, 0.5) is 10.1 Å². The number of nitrogens with one attached hydrogen (secondary N) is 1. The number of benzene rings is 2. The predicted molar refractivity (Wildman–Crippen MR) is 105 cm³/mol. The zero-order chi connectivity index (χ0) is 19.7. The molecule has 140 valence electrons. The van der Waals surface area contributed by atoms with Gasteiger partial charge in [0.05, 0.1) is 24.0 Å². The third-order valence-electron chi connectivity index (χ3n) is 4.47. The van der Waals surface area contributed by atoms with E-state index < -0.39 is 0 Å². The molecule has 0 aliphatic carbocycles. The van der Waals surface area contributed by atoms with Gasteiger partial charge >= 0.3 is 0 Å². The van der Waals surface area contributed by atoms with Gasteiger partial charge in [-0.1, -0.05) is 30.3 Å². The fourth-order valence-electron chi connectivity index (χ4n) is 3.11. The number of aryl methyl sites for hydroxylation is 1. The first-order valence-corrected chi connectivity index (χ1v) is 8.68. The second kappa shape index (κ2) is 7.11. The van der Waals surface area contributed by atoms with Crippen LogP contribution in [0.2, 0.25) is 0 Å². The van der Waals surface area contributed by atoms with E-state index in [0.717, 1.165) is 5.56 Å². The van der Waals surface area contributed by atoms with E-state index in [2.05, 4.69) is 10.4 Å². The first-order valence-electron chi connectivity index (χ1n) is 8.68. The lowest BCUT2D eigenvalue weighted by Crippen LogP contribution is -2.24. The van der Waals surface area contributed by atoms with Crippen molar-refractivity contribution >= 4 is 22.4 Å². The smallest absolute Gasteiger partial charge is 0.258 e. The van der Waals surface area contributed by atoms with Crippen LogP contribution in [0, 0.1) is 5.82 Å². The fourth-order valence-corrected chi connectivity index (χ4v) is 3.11. The Morgan fingerprint density at radius 3 is 2.46 bits per heavy atom. The number of hydrogen-bond donors (Lipinski definition) is 1. The van der Waals surface area contributed by atoms with Crippen LogP contribution in [0.5, 0.6) is 0 Å². The number of rotatable bonds is 4. The Hall–Kier alpha value is -3.74. The van der Waals surface area contributed by atoms with E-state index in [1.807, 2.05) is 0 Å². The lowest BCUT2D eigenvalue weighted by molar-refractivity contribution is 0.102. The SMILES string of the molecule is Cn1cc(NC(=O)c2cn(Cc3ccc(F)cc3)c(=O)c3ccccc23)cn1. The summed E-state index contributed by atoms with van der Waals surface area (Å²) >= 11 is 0. The van der Waals surface area contributed by atoms with Crippen molar-refractivity contribution in [2.45, 2.75) is 6.54 Å². The molecule has 0 saturated heterocycles. The average Bonchev–Trinajstić information content (AvgIpc) is 3.10. The quantitative estimate of drug-likeness (QED) is 0.595. The van der Waals surface area contributed by atoms with Gasteiger partial charge in [-0.05, 0) is 23.8 Å². The normalized spacial score (nSPS) is 10.9. The zero-order valence-corrected chi connectivity index (χ0v) is 15.1. The average molecular weight is 376 g/mol. The van der Waals surface area contributed by atoms with Crippen LogP contribution in [-0.4, -0.2) is 20.3 Å². The molecule has 7 heteroatoms. The molecule has 6 nitrogen and oxygen atoms in total. The summed E-state index contributed by atoms with van der Waals surface area (Å²) in [5.74, 6) is -0.678. The molecule has 0 unspecified atom stereocenters. The summed E-state index contributed by atoms with van der Waals surface area (Å²) in [7, 11) is 1.76. The van der Waals surface area contributed by atoms with E-state index in [0.29, 0.717) is 22.0 Å². The largest absolute Gasteiger partial charge is 0.319 e. The molecule has 1 amide bonds. The monoisotopic (exact) mass is 376 g/mol. The number of halogens is 1. The van der Waals surface area contributed by atoms with Crippen molar-refractivity contribution in [3.63, 3.8) is 0 Å². The molecule has 2 heterocycles. The molecule has 0 spiro atoms. The topological polar surface area (TPSA) is 68.9 Å². The maximum atomic E-state index is 13.2. The van der Waals surface area contributed by atoms with Crippen molar-refractivity contribution < 1.29 is 9.18 Å². The highest BCUT2D eigenvalue weighted by molar-refractivity contribution is 6.12. The molecule has 0 aliphatic rings. The Kier molecular flexibility index (Phi) is 4.49. The molecule has 0 bridgehead atoms. The van der Waals surface area contributed by atoms with E-state index >= 15 is 0 Å². The van der Waals surface area contributed by atoms with Gasteiger partial charge in [-0.2, -0.15) is 5.10 Å². The van der Waals surface area contributed by atoms with Gasteiger partial charge < -0.3 is 9.88 Å². The van der Waals surface area contributed by atoms with E-state index in [4.69, 9.17) is 0 Å². The summed E-state index contributed by atoms with van der Waals surface area (Å²) in [5.41, 5.74) is 1.49. The summed E-state index contributed by atoms with van der Waals surface area (Å²) in [6, 6.07) is 12.9. The van der Waals surface area contributed by atoms with Crippen LogP contribution < -0.4 is 10.9 Å². The van der Waals surface area contributed by atoms with Crippen LogP contribution in [0.3, 0.4) is 0 Å². The van der Waals surface area contributed by atoms with Crippen molar-refractivity contribution in [2.24, 2.45) is 7.05 Å². The highest BCUT2D eigenvalue weighted by Gasteiger charge is 2.15. The van der Waals surface area contributed by atoms with E-state index in [1.54, 1.807) is 66.7 Å². The van der Waals surface area contributed by atoms with Crippen LogP contribution in [0.25, 0.3) is 10.8 Å². The van der Waals surface area contributed by atoms with Crippen LogP contribution in [0.15, 0.2) is 71.9 Å². The zero-order valence-electron chi connectivity index (χ0n) is 15.1. The first kappa shape index (κ1) is 17.7. The van der Waals surface area contributed by atoms with Gasteiger partial charge in [0, 0.05) is 30.2 Å². The Bertz CT molecular complexity index is 1230. The predicted octanol–water partition coefficient (Wildman–Crippen LogP) is 3.17. The van der Waals surface area contributed by atoms with Gasteiger partial charge in [0.1, 0.15) is 5.82 Å². The van der Waals surface area contributed by atoms with E-state index in [-0.39, 0.29) is 23.8 Å². The standard InChI is InChI=1S/C21H17FN4O2/c1-25-12-16(10-23-25)24-20(27)19-13-26(11-14-6-8-15(22)9-7-14)21(28)18-5-3-2-4-17(18)19/h2-10,12-13H,11H2,1H3,(H,24,27). The molecular weight excluding hydrogens is 359 g/mol. The fraction of sp³-hybridized carbons (Fsp3) is 0.0952.